The van der Waals surface area contributed by atoms with Gasteiger partial charge in [0, 0.05) is 5.33 Å². The number of alkyl halides is 1. The van der Waals surface area contributed by atoms with Crippen LogP contribution in [0.1, 0.15) is 17.9 Å². The monoisotopic (exact) mass is 200 g/mol. The summed E-state index contributed by atoms with van der Waals surface area (Å²) in [7, 11) is 0. The summed E-state index contributed by atoms with van der Waals surface area (Å²) in [5.41, 5.74) is 1.37. The van der Waals surface area contributed by atoms with Gasteiger partial charge in [-0.15, -0.1) is 0 Å². The minimum atomic E-state index is 0.776. The van der Waals surface area contributed by atoms with E-state index in [-0.39, 0.29) is 0 Å². The van der Waals surface area contributed by atoms with E-state index >= 15 is 0 Å². The Kier molecular flexibility index (Phi) is 1.57. The predicted molar refractivity (Wildman–Crippen MR) is 43.4 cm³/mol. The third-order valence-corrected chi connectivity index (χ3v) is 2.92. The summed E-state index contributed by atoms with van der Waals surface area (Å²) in [6.07, 6.45) is 4.93. The third kappa shape index (κ3) is 1.01. The fourth-order valence-corrected chi connectivity index (χ4v) is 2.03. The zero-order chi connectivity index (χ0) is 6.97. The van der Waals surface area contributed by atoms with Gasteiger partial charge in [-0.2, -0.15) is 0 Å². The maximum absolute atomic E-state index is 4.99. The molecule has 1 heterocycles. The molecule has 0 aromatic carbocycles. The normalized spacial score (nSPS) is 30.5. The number of halogens is 1. The molecular formula is C8H9BrO. The van der Waals surface area contributed by atoms with Crippen LogP contribution < -0.4 is 0 Å². The molecule has 2 unspecified atom stereocenters. The lowest BCUT2D eigenvalue weighted by atomic mass is 10.2. The van der Waals surface area contributed by atoms with Gasteiger partial charge in [0.15, 0.2) is 0 Å². The van der Waals surface area contributed by atoms with Crippen molar-refractivity contribution in [1.29, 1.82) is 0 Å². The van der Waals surface area contributed by atoms with Gasteiger partial charge in [0.05, 0.1) is 12.5 Å². The summed E-state index contributed by atoms with van der Waals surface area (Å²) in [4.78, 5) is 0. The molecule has 2 rings (SSSR count). The van der Waals surface area contributed by atoms with Crippen molar-refractivity contribution in [3.63, 3.8) is 0 Å². The fraction of sp³-hybridized carbons (Fsp3) is 0.500. The summed E-state index contributed by atoms with van der Waals surface area (Å²) < 4.78 is 4.99. The van der Waals surface area contributed by atoms with Gasteiger partial charge < -0.3 is 4.42 Å². The SMILES string of the molecule is BrCC1CC1c1ccoc1. The Morgan fingerprint density at radius 3 is 3.10 bits per heavy atom. The highest BCUT2D eigenvalue weighted by molar-refractivity contribution is 9.09. The molecule has 0 amide bonds. The third-order valence-electron chi connectivity index (χ3n) is 2.09. The average Bonchev–Trinajstić information content (AvgIpc) is 2.56. The van der Waals surface area contributed by atoms with Crippen molar-refractivity contribution >= 4 is 15.9 Å². The topological polar surface area (TPSA) is 13.1 Å². The molecule has 0 radical (unpaired) electrons. The van der Waals surface area contributed by atoms with Crippen molar-refractivity contribution < 1.29 is 4.42 Å². The van der Waals surface area contributed by atoms with Crippen molar-refractivity contribution in [2.24, 2.45) is 5.92 Å². The van der Waals surface area contributed by atoms with E-state index in [9.17, 15) is 0 Å². The smallest absolute Gasteiger partial charge is 0.0937 e. The van der Waals surface area contributed by atoms with Crippen LogP contribution in [0.4, 0.5) is 0 Å². The van der Waals surface area contributed by atoms with Gasteiger partial charge in [-0.3, -0.25) is 0 Å². The fourth-order valence-electron chi connectivity index (χ4n) is 1.31. The van der Waals surface area contributed by atoms with Gasteiger partial charge in [0.2, 0.25) is 0 Å². The van der Waals surface area contributed by atoms with E-state index in [1.54, 1.807) is 6.26 Å². The lowest BCUT2D eigenvalue weighted by molar-refractivity contribution is 0.563. The van der Waals surface area contributed by atoms with Crippen molar-refractivity contribution in [1.82, 2.24) is 0 Å². The summed E-state index contributed by atoms with van der Waals surface area (Å²) in [6.45, 7) is 0. The molecule has 1 nitrogen and oxygen atoms in total. The first-order valence-corrected chi connectivity index (χ1v) is 4.62. The molecule has 0 saturated heterocycles. The second-order valence-electron chi connectivity index (χ2n) is 2.81. The van der Waals surface area contributed by atoms with Crippen molar-refractivity contribution in [3.8, 4) is 0 Å². The second-order valence-corrected chi connectivity index (χ2v) is 3.46. The van der Waals surface area contributed by atoms with Gasteiger partial charge >= 0.3 is 0 Å². The Labute approximate surface area is 68.5 Å². The highest BCUT2D eigenvalue weighted by Crippen LogP contribution is 2.48. The maximum atomic E-state index is 4.99. The van der Waals surface area contributed by atoms with Gasteiger partial charge in [0.1, 0.15) is 0 Å². The Hall–Kier alpha value is -0.240. The summed E-state index contributed by atoms with van der Waals surface area (Å²) >= 11 is 3.47. The van der Waals surface area contributed by atoms with Crippen LogP contribution in [0.15, 0.2) is 23.0 Å². The van der Waals surface area contributed by atoms with Crippen molar-refractivity contribution in [2.75, 3.05) is 5.33 Å². The molecule has 0 aliphatic heterocycles. The quantitative estimate of drug-likeness (QED) is 0.670. The number of hydrogen-bond donors (Lipinski definition) is 0. The van der Waals surface area contributed by atoms with Gasteiger partial charge in [0.25, 0.3) is 0 Å². The van der Waals surface area contributed by atoms with E-state index in [1.807, 2.05) is 6.26 Å². The Morgan fingerprint density at radius 1 is 1.70 bits per heavy atom. The Bertz CT molecular complexity index is 205. The zero-order valence-corrected chi connectivity index (χ0v) is 7.17. The largest absolute Gasteiger partial charge is 0.472 e. The van der Waals surface area contributed by atoms with Crippen molar-refractivity contribution in [2.45, 2.75) is 12.3 Å². The molecule has 0 bridgehead atoms. The molecule has 1 saturated carbocycles. The first-order chi connectivity index (χ1) is 4.92. The molecule has 2 heteroatoms. The Balaban J connectivity index is 2.05. The minimum Gasteiger partial charge on any atom is -0.472 e. The highest BCUT2D eigenvalue weighted by Gasteiger charge is 2.37. The molecule has 2 atom stereocenters. The molecule has 54 valence electrons. The average molecular weight is 201 g/mol. The number of furan rings is 1. The van der Waals surface area contributed by atoms with Crippen molar-refractivity contribution in [3.05, 3.63) is 24.2 Å². The molecule has 0 spiro atoms. The van der Waals surface area contributed by atoms with Gasteiger partial charge in [-0.1, -0.05) is 15.9 Å². The lowest BCUT2D eigenvalue weighted by Crippen LogP contribution is -1.79. The second kappa shape index (κ2) is 2.42. The molecule has 1 aliphatic carbocycles. The summed E-state index contributed by atoms with van der Waals surface area (Å²) in [5, 5.41) is 1.13. The first kappa shape index (κ1) is 6.47. The van der Waals surface area contributed by atoms with E-state index in [2.05, 4.69) is 22.0 Å². The highest BCUT2D eigenvalue weighted by atomic mass is 79.9. The van der Waals surface area contributed by atoms with Crippen LogP contribution in [-0.2, 0) is 0 Å². The molecule has 1 aromatic heterocycles. The van der Waals surface area contributed by atoms with Gasteiger partial charge in [-0.05, 0) is 29.9 Å². The minimum absolute atomic E-state index is 0.776. The molecule has 10 heavy (non-hydrogen) atoms. The summed E-state index contributed by atoms with van der Waals surface area (Å²) in [5.74, 6) is 1.63. The van der Waals surface area contributed by atoms with E-state index < -0.39 is 0 Å². The maximum Gasteiger partial charge on any atom is 0.0937 e. The van der Waals surface area contributed by atoms with Crippen LogP contribution in [0.25, 0.3) is 0 Å². The molecule has 1 aromatic rings. The van der Waals surface area contributed by atoms with E-state index in [0.29, 0.717) is 0 Å². The number of rotatable bonds is 2. The van der Waals surface area contributed by atoms with E-state index in [1.165, 1.54) is 12.0 Å². The van der Waals surface area contributed by atoms with E-state index in [0.717, 1.165) is 17.2 Å². The van der Waals surface area contributed by atoms with Crippen LogP contribution in [0.5, 0.6) is 0 Å². The van der Waals surface area contributed by atoms with E-state index in [4.69, 9.17) is 4.42 Å². The predicted octanol–water partition coefficient (Wildman–Crippen LogP) is 2.78. The van der Waals surface area contributed by atoms with Crippen LogP contribution in [0, 0.1) is 5.92 Å². The van der Waals surface area contributed by atoms with Crippen LogP contribution in [0.2, 0.25) is 0 Å². The molecule has 1 fully saturated rings. The van der Waals surface area contributed by atoms with Gasteiger partial charge in [-0.25, -0.2) is 0 Å². The zero-order valence-electron chi connectivity index (χ0n) is 5.59. The lowest BCUT2D eigenvalue weighted by Gasteiger charge is -1.88. The molecule has 0 N–H and O–H groups in total. The standard InChI is InChI=1S/C8H9BrO/c9-4-7-3-8(7)6-1-2-10-5-6/h1-2,5,7-8H,3-4H2. The Morgan fingerprint density at radius 2 is 2.60 bits per heavy atom. The molecular weight excluding hydrogens is 192 g/mol. The van der Waals surface area contributed by atoms with Crippen LogP contribution in [-0.4, -0.2) is 5.33 Å². The first-order valence-electron chi connectivity index (χ1n) is 3.50. The van der Waals surface area contributed by atoms with Crippen LogP contribution in [0.3, 0.4) is 0 Å². The molecule has 1 aliphatic rings. The van der Waals surface area contributed by atoms with Crippen LogP contribution >= 0.6 is 15.9 Å². The summed E-state index contributed by atoms with van der Waals surface area (Å²) in [6, 6.07) is 2.06. The number of hydrogen-bond acceptors (Lipinski definition) is 1.